The molecule has 0 heterocycles. The summed E-state index contributed by atoms with van der Waals surface area (Å²) in [4.78, 5) is 10.2. The van der Waals surface area contributed by atoms with Gasteiger partial charge in [-0.2, -0.15) is 0 Å². The lowest BCUT2D eigenvalue weighted by Gasteiger charge is -2.10. The number of hydrogen-bond acceptors (Lipinski definition) is 4. The molecule has 0 amide bonds. The zero-order valence-electron chi connectivity index (χ0n) is 10.3. The van der Waals surface area contributed by atoms with Gasteiger partial charge >= 0.3 is 0 Å². The lowest BCUT2D eigenvalue weighted by molar-refractivity contribution is -0.255. The van der Waals surface area contributed by atoms with Crippen LogP contribution in [0.2, 0.25) is 0 Å². The molecule has 2 aromatic carbocycles. The Hall–Kier alpha value is -2.48. The third-order valence-electron chi connectivity index (χ3n) is 2.55. The fraction of sp³-hybridized carbons (Fsp3) is 0. The number of halogens is 2. The van der Waals surface area contributed by atoms with Crippen molar-refractivity contribution in [1.29, 1.82) is 0 Å². The highest BCUT2D eigenvalue weighted by Gasteiger charge is 2.16. The molecule has 110 valence electrons. The monoisotopic (exact) mass is 312 g/mol. The molecular weight excluding hydrogens is 304 g/mol. The molecule has 0 spiro atoms. The number of anilines is 1. The minimum Gasteiger partial charge on any atom is -0.545 e. The molecule has 0 atom stereocenters. The molecule has 5 nitrogen and oxygen atoms in total. The van der Waals surface area contributed by atoms with Crippen LogP contribution in [0.1, 0.15) is 10.4 Å². The SMILES string of the molecule is O=C([O-])c1cccc(NS(=O)(=O)c2ccc(F)c(F)c2)c1. The topological polar surface area (TPSA) is 86.3 Å². The maximum atomic E-state index is 13.1. The number of carbonyl (C=O) groups excluding carboxylic acids is 1. The van der Waals surface area contributed by atoms with E-state index in [1.807, 2.05) is 0 Å². The molecule has 0 aliphatic carbocycles. The number of benzene rings is 2. The first-order valence-corrected chi connectivity index (χ1v) is 7.07. The predicted octanol–water partition coefficient (Wildman–Crippen LogP) is 1.13. The van der Waals surface area contributed by atoms with Crippen LogP contribution in [-0.4, -0.2) is 14.4 Å². The van der Waals surface area contributed by atoms with E-state index in [1.54, 1.807) is 0 Å². The third kappa shape index (κ3) is 3.34. The zero-order valence-corrected chi connectivity index (χ0v) is 11.2. The molecule has 0 saturated carbocycles. The molecule has 0 saturated heterocycles. The van der Waals surface area contributed by atoms with Crippen molar-refractivity contribution < 1.29 is 27.1 Å². The number of carbonyl (C=O) groups is 1. The van der Waals surface area contributed by atoms with E-state index < -0.39 is 32.5 Å². The van der Waals surface area contributed by atoms with Gasteiger partial charge in [0, 0.05) is 5.69 Å². The largest absolute Gasteiger partial charge is 0.545 e. The van der Waals surface area contributed by atoms with Crippen molar-refractivity contribution in [2.45, 2.75) is 4.90 Å². The van der Waals surface area contributed by atoms with Crippen LogP contribution in [0.15, 0.2) is 47.4 Å². The predicted molar refractivity (Wildman–Crippen MR) is 67.9 cm³/mol. The second kappa shape index (κ2) is 5.49. The van der Waals surface area contributed by atoms with Crippen molar-refractivity contribution in [2.24, 2.45) is 0 Å². The molecule has 0 fully saturated rings. The van der Waals surface area contributed by atoms with Gasteiger partial charge in [-0.15, -0.1) is 0 Å². The molecule has 21 heavy (non-hydrogen) atoms. The maximum Gasteiger partial charge on any atom is 0.261 e. The molecule has 0 radical (unpaired) electrons. The van der Waals surface area contributed by atoms with E-state index in [-0.39, 0.29) is 11.3 Å². The summed E-state index contributed by atoms with van der Waals surface area (Å²) < 4.78 is 51.9. The van der Waals surface area contributed by atoms with Crippen LogP contribution < -0.4 is 9.83 Å². The highest BCUT2D eigenvalue weighted by molar-refractivity contribution is 7.92. The number of sulfonamides is 1. The summed E-state index contributed by atoms with van der Waals surface area (Å²) in [6.45, 7) is 0. The van der Waals surface area contributed by atoms with Gasteiger partial charge in [0.2, 0.25) is 0 Å². The molecule has 1 N–H and O–H groups in total. The first-order chi connectivity index (χ1) is 9.79. The number of carboxylic acid groups (broad SMARTS) is 1. The second-order valence-electron chi connectivity index (χ2n) is 4.05. The van der Waals surface area contributed by atoms with Gasteiger partial charge in [-0.3, -0.25) is 4.72 Å². The Morgan fingerprint density at radius 3 is 2.38 bits per heavy atom. The summed E-state index contributed by atoms with van der Waals surface area (Å²) in [5.74, 6) is -3.95. The second-order valence-corrected chi connectivity index (χ2v) is 5.73. The molecule has 2 rings (SSSR count). The molecule has 0 aromatic heterocycles. The average Bonchev–Trinajstić information content (AvgIpc) is 2.41. The first kappa shape index (κ1) is 14.9. The molecule has 2 aromatic rings. The van der Waals surface area contributed by atoms with E-state index in [1.165, 1.54) is 18.2 Å². The normalized spacial score (nSPS) is 11.1. The Morgan fingerprint density at radius 1 is 1.05 bits per heavy atom. The lowest BCUT2D eigenvalue weighted by Crippen LogP contribution is -2.22. The average molecular weight is 312 g/mol. The van der Waals surface area contributed by atoms with Gasteiger partial charge < -0.3 is 9.90 Å². The van der Waals surface area contributed by atoms with Gasteiger partial charge in [-0.25, -0.2) is 17.2 Å². The van der Waals surface area contributed by atoms with Crippen LogP contribution in [0.3, 0.4) is 0 Å². The Labute approximate surface area is 118 Å². The Balaban J connectivity index is 2.35. The highest BCUT2D eigenvalue weighted by atomic mass is 32.2. The van der Waals surface area contributed by atoms with Crippen LogP contribution in [0.5, 0.6) is 0 Å². The number of carboxylic acids is 1. The summed E-state index contributed by atoms with van der Waals surface area (Å²) in [6, 6.07) is 7.00. The molecule has 0 aliphatic heterocycles. The maximum absolute atomic E-state index is 13.1. The fourth-order valence-electron chi connectivity index (χ4n) is 1.57. The standard InChI is InChI=1S/C13H9F2NO4S/c14-11-5-4-10(7-12(11)15)21(19,20)16-9-3-1-2-8(6-9)13(17)18/h1-7,16H,(H,17,18)/p-1. The van der Waals surface area contributed by atoms with E-state index in [9.17, 15) is 27.1 Å². The van der Waals surface area contributed by atoms with Gasteiger partial charge in [-0.05, 0) is 35.9 Å². The van der Waals surface area contributed by atoms with Crippen LogP contribution in [0, 0.1) is 11.6 Å². The minimum absolute atomic E-state index is 0.0403. The summed E-state index contributed by atoms with van der Waals surface area (Å²) in [5, 5.41) is 10.7. The summed E-state index contributed by atoms with van der Waals surface area (Å²) in [7, 11) is -4.17. The third-order valence-corrected chi connectivity index (χ3v) is 3.93. The van der Waals surface area contributed by atoms with Crippen LogP contribution in [0.4, 0.5) is 14.5 Å². The van der Waals surface area contributed by atoms with Gasteiger partial charge in [-0.1, -0.05) is 12.1 Å². The summed E-state index contributed by atoms with van der Waals surface area (Å²) in [5.41, 5.74) is -0.262. The van der Waals surface area contributed by atoms with Crippen molar-refractivity contribution in [2.75, 3.05) is 4.72 Å². The number of hydrogen-bond donors (Lipinski definition) is 1. The van der Waals surface area contributed by atoms with E-state index in [4.69, 9.17) is 0 Å². The molecule has 0 unspecified atom stereocenters. The van der Waals surface area contributed by atoms with Crippen molar-refractivity contribution in [1.82, 2.24) is 0 Å². The lowest BCUT2D eigenvalue weighted by atomic mass is 10.2. The smallest absolute Gasteiger partial charge is 0.261 e. The van der Waals surface area contributed by atoms with E-state index in [0.29, 0.717) is 12.1 Å². The van der Waals surface area contributed by atoms with Crippen molar-refractivity contribution in [3.63, 3.8) is 0 Å². The van der Waals surface area contributed by atoms with Crippen molar-refractivity contribution in [3.05, 3.63) is 59.7 Å². The molecule has 0 aliphatic rings. The summed E-state index contributed by atoms with van der Waals surface area (Å²) >= 11 is 0. The Morgan fingerprint density at radius 2 is 1.76 bits per heavy atom. The highest BCUT2D eigenvalue weighted by Crippen LogP contribution is 2.19. The number of nitrogens with one attached hydrogen (secondary N) is 1. The fourth-order valence-corrected chi connectivity index (χ4v) is 2.63. The van der Waals surface area contributed by atoms with Crippen molar-refractivity contribution >= 4 is 21.7 Å². The molecular formula is C13H8F2NO4S-. The zero-order chi connectivity index (χ0) is 15.6. The van der Waals surface area contributed by atoms with E-state index >= 15 is 0 Å². The Kier molecular flexibility index (Phi) is 3.90. The van der Waals surface area contributed by atoms with Crippen molar-refractivity contribution in [3.8, 4) is 0 Å². The van der Waals surface area contributed by atoms with Gasteiger partial charge in [0.05, 0.1) is 10.9 Å². The first-order valence-electron chi connectivity index (χ1n) is 5.59. The quantitative estimate of drug-likeness (QED) is 0.917. The molecule has 0 bridgehead atoms. The Bertz CT molecular complexity index is 806. The number of rotatable bonds is 4. The minimum atomic E-state index is -4.17. The van der Waals surface area contributed by atoms with Crippen LogP contribution in [0.25, 0.3) is 0 Å². The summed E-state index contributed by atoms with van der Waals surface area (Å²) in [6.07, 6.45) is 0. The van der Waals surface area contributed by atoms with E-state index in [0.717, 1.165) is 12.1 Å². The van der Waals surface area contributed by atoms with Crippen LogP contribution >= 0.6 is 0 Å². The number of aromatic carboxylic acids is 1. The van der Waals surface area contributed by atoms with Gasteiger partial charge in [0.1, 0.15) is 0 Å². The van der Waals surface area contributed by atoms with E-state index in [2.05, 4.69) is 4.72 Å². The van der Waals surface area contributed by atoms with Gasteiger partial charge in [0.25, 0.3) is 10.0 Å². The molecule has 8 heteroatoms. The van der Waals surface area contributed by atoms with Crippen LogP contribution in [-0.2, 0) is 10.0 Å². The van der Waals surface area contributed by atoms with Gasteiger partial charge in [0.15, 0.2) is 11.6 Å².